The summed E-state index contributed by atoms with van der Waals surface area (Å²) >= 11 is 3.36. The summed E-state index contributed by atoms with van der Waals surface area (Å²) in [7, 11) is 0. The first kappa shape index (κ1) is 15.0. The lowest BCUT2D eigenvalue weighted by Gasteiger charge is -2.20. The second kappa shape index (κ2) is 5.52. The fourth-order valence-corrected chi connectivity index (χ4v) is 2.75. The van der Waals surface area contributed by atoms with Crippen LogP contribution in [-0.2, 0) is 4.79 Å². The van der Waals surface area contributed by atoms with Crippen molar-refractivity contribution in [2.75, 3.05) is 11.4 Å². The Balaban J connectivity index is 2.10. The van der Waals surface area contributed by atoms with Crippen molar-refractivity contribution in [3.63, 3.8) is 0 Å². The molecule has 1 atom stereocenters. The molecule has 0 aliphatic carbocycles. The molecule has 6 heteroatoms. The molecule has 0 radical (unpaired) electrons. The summed E-state index contributed by atoms with van der Waals surface area (Å²) in [6, 6.07) is 7.53. The molecule has 20 heavy (non-hydrogen) atoms. The van der Waals surface area contributed by atoms with Crippen molar-refractivity contribution in [2.24, 2.45) is 5.92 Å². The van der Waals surface area contributed by atoms with Crippen LogP contribution in [0.2, 0.25) is 0 Å². The average molecular weight is 341 g/mol. The van der Waals surface area contributed by atoms with Crippen LogP contribution in [0.3, 0.4) is 0 Å². The second-order valence-corrected chi connectivity index (χ2v) is 6.64. The standard InChI is InChI=1S/C14H17BrN2O3/c1-14(2,17(19)20)9-10-7-8-16(13(10)18)12-5-3-11(15)4-6-12/h3-6,10H,7-9H2,1-2H3. The first-order chi connectivity index (χ1) is 9.31. The molecule has 1 saturated heterocycles. The van der Waals surface area contributed by atoms with Gasteiger partial charge in [-0.15, -0.1) is 0 Å². The topological polar surface area (TPSA) is 63.5 Å². The zero-order valence-electron chi connectivity index (χ0n) is 11.5. The number of carbonyl (C=O) groups excluding carboxylic acids is 1. The molecule has 0 saturated carbocycles. The zero-order valence-corrected chi connectivity index (χ0v) is 13.1. The third-order valence-electron chi connectivity index (χ3n) is 3.69. The molecule has 1 aromatic carbocycles. The van der Waals surface area contributed by atoms with Crippen LogP contribution in [0.1, 0.15) is 26.7 Å². The quantitative estimate of drug-likeness (QED) is 0.624. The predicted molar refractivity (Wildman–Crippen MR) is 80.3 cm³/mol. The van der Waals surface area contributed by atoms with E-state index in [0.29, 0.717) is 13.0 Å². The van der Waals surface area contributed by atoms with Crippen molar-refractivity contribution < 1.29 is 9.72 Å². The Morgan fingerprint density at radius 3 is 2.55 bits per heavy atom. The first-order valence-corrected chi connectivity index (χ1v) is 7.32. The molecule has 1 heterocycles. The van der Waals surface area contributed by atoms with Crippen molar-refractivity contribution in [1.82, 2.24) is 0 Å². The molecular formula is C14H17BrN2O3. The minimum atomic E-state index is -1.06. The van der Waals surface area contributed by atoms with Crippen LogP contribution in [0.25, 0.3) is 0 Å². The van der Waals surface area contributed by atoms with E-state index in [1.54, 1.807) is 18.7 Å². The summed E-state index contributed by atoms with van der Waals surface area (Å²) in [6.45, 7) is 3.77. The van der Waals surface area contributed by atoms with Gasteiger partial charge in [0.1, 0.15) is 0 Å². The maximum atomic E-state index is 12.4. The SMILES string of the molecule is CC(C)(CC1CCN(c2ccc(Br)cc2)C1=O)[N+](=O)[O-]. The second-order valence-electron chi connectivity index (χ2n) is 5.73. The molecule has 1 aliphatic rings. The Hall–Kier alpha value is -1.43. The van der Waals surface area contributed by atoms with E-state index in [9.17, 15) is 14.9 Å². The Labute approximate surface area is 126 Å². The number of hydrogen-bond donors (Lipinski definition) is 0. The average Bonchev–Trinajstić information content (AvgIpc) is 2.72. The lowest BCUT2D eigenvalue weighted by atomic mass is 9.90. The number of halogens is 1. The van der Waals surface area contributed by atoms with Gasteiger partial charge in [-0.25, -0.2) is 0 Å². The minimum Gasteiger partial charge on any atom is -0.312 e. The minimum absolute atomic E-state index is 0.0118. The molecule has 0 bridgehead atoms. The van der Waals surface area contributed by atoms with Gasteiger partial charge in [0.2, 0.25) is 11.4 Å². The number of nitrogens with zero attached hydrogens (tertiary/aromatic N) is 2. The van der Waals surface area contributed by atoms with Gasteiger partial charge in [-0.05, 0) is 30.7 Å². The highest BCUT2D eigenvalue weighted by atomic mass is 79.9. The fraction of sp³-hybridized carbons (Fsp3) is 0.500. The normalized spacial score (nSPS) is 19.4. The molecule has 0 N–H and O–H groups in total. The molecule has 1 amide bonds. The van der Waals surface area contributed by atoms with E-state index in [-0.39, 0.29) is 23.2 Å². The van der Waals surface area contributed by atoms with Crippen molar-refractivity contribution in [2.45, 2.75) is 32.2 Å². The van der Waals surface area contributed by atoms with Crippen molar-refractivity contribution in [3.05, 3.63) is 38.9 Å². The van der Waals surface area contributed by atoms with E-state index in [4.69, 9.17) is 0 Å². The van der Waals surface area contributed by atoms with Gasteiger partial charge in [-0.1, -0.05) is 15.9 Å². The van der Waals surface area contributed by atoms with Gasteiger partial charge in [-0.3, -0.25) is 14.9 Å². The number of rotatable bonds is 4. The van der Waals surface area contributed by atoms with Gasteiger partial charge in [-0.2, -0.15) is 0 Å². The van der Waals surface area contributed by atoms with Gasteiger partial charge in [0.15, 0.2) is 0 Å². The Bertz CT molecular complexity index is 528. The van der Waals surface area contributed by atoms with Gasteiger partial charge < -0.3 is 4.90 Å². The summed E-state index contributed by atoms with van der Waals surface area (Å²) in [5.41, 5.74) is -0.213. The number of hydrogen-bond acceptors (Lipinski definition) is 3. The first-order valence-electron chi connectivity index (χ1n) is 6.53. The Morgan fingerprint density at radius 1 is 1.40 bits per heavy atom. The lowest BCUT2D eigenvalue weighted by Crippen LogP contribution is -2.36. The molecule has 1 unspecified atom stereocenters. The summed E-state index contributed by atoms with van der Waals surface area (Å²) in [4.78, 5) is 24.8. The summed E-state index contributed by atoms with van der Waals surface area (Å²) in [5, 5.41) is 11.0. The number of benzene rings is 1. The van der Waals surface area contributed by atoms with Crippen LogP contribution in [0.4, 0.5) is 5.69 Å². The Morgan fingerprint density at radius 2 is 2.00 bits per heavy atom. The van der Waals surface area contributed by atoms with Crippen molar-refractivity contribution >= 4 is 27.5 Å². The van der Waals surface area contributed by atoms with Crippen molar-refractivity contribution in [3.8, 4) is 0 Å². The molecule has 108 valence electrons. The third kappa shape index (κ3) is 3.00. The monoisotopic (exact) mass is 340 g/mol. The lowest BCUT2D eigenvalue weighted by molar-refractivity contribution is -0.562. The van der Waals surface area contributed by atoms with Gasteiger partial charge >= 0.3 is 0 Å². The predicted octanol–water partition coefficient (Wildman–Crippen LogP) is 3.25. The van der Waals surface area contributed by atoms with Crippen molar-refractivity contribution in [1.29, 1.82) is 0 Å². The fourth-order valence-electron chi connectivity index (χ4n) is 2.48. The summed E-state index contributed by atoms with van der Waals surface area (Å²) < 4.78 is 0.957. The third-order valence-corrected chi connectivity index (χ3v) is 4.22. The molecule has 0 aromatic heterocycles. The summed E-state index contributed by atoms with van der Waals surface area (Å²) in [5.74, 6) is -0.277. The summed E-state index contributed by atoms with van der Waals surface area (Å²) in [6.07, 6.45) is 0.956. The molecule has 5 nitrogen and oxygen atoms in total. The Kier molecular flexibility index (Phi) is 4.13. The van der Waals surface area contributed by atoms with E-state index in [1.807, 2.05) is 24.3 Å². The number of carbonyl (C=O) groups is 1. The number of anilines is 1. The van der Waals surface area contributed by atoms with Gasteiger partial charge in [0.25, 0.3) is 0 Å². The number of amides is 1. The van der Waals surface area contributed by atoms with Crippen LogP contribution < -0.4 is 4.90 Å². The van der Waals surface area contributed by atoms with Crippen LogP contribution in [-0.4, -0.2) is 22.9 Å². The highest BCUT2D eigenvalue weighted by Gasteiger charge is 2.41. The van der Waals surface area contributed by atoms with Crippen LogP contribution in [0.15, 0.2) is 28.7 Å². The van der Waals surface area contributed by atoms with E-state index >= 15 is 0 Å². The van der Waals surface area contributed by atoms with E-state index in [1.165, 1.54) is 0 Å². The van der Waals surface area contributed by atoms with E-state index in [0.717, 1.165) is 10.2 Å². The van der Waals surface area contributed by atoms with Gasteiger partial charge in [0, 0.05) is 47.8 Å². The molecule has 1 aromatic rings. The largest absolute Gasteiger partial charge is 0.312 e. The van der Waals surface area contributed by atoms with Crippen LogP contribution in [0.5, 0.6) is 0 Å². The van der Waals surface area contributed by atoms with E-state index in [2.05, 4.69) is 15.9 Å². The molecule has 1 fully saturated rings. The van der Waals surface area contributed by atoms with Crippen LogP contribution >= 0.6 is 15.9 Å². The van der Waals surface area contributed by atoms with E-state index < -0.39 is 5.54 Å². The molecule has 2 rings (SSSR count). The maximum absolute atomic E-state index is 12.4. The zero-order chi connectivity index (χ0) is 14.9. The van der Waals surface area contributed by atoms with Crippen LogP contribution in [0, 0.1) is 16.0 Å². The highest BCUT2D eigenvalue weighted by Crippen LogP contribution is 2.31. The smallest absolute Gasteiger partial charge is 0.230 e. The molecule has 1 aliphatic heterocycles. The molecule has 0 spiro atoms. The van der Waals surface area contributed by atoms with Gasteiger partial charge in [0.05, 0.1) is 0 Å². The highest BCUT2D eigenvalue weighted by molar-refractivity contribution is 9.10. The maximum Gasteiger partial charge on any atom is 0.230 e. The number of nitro groups is 1. The molecular weight excluding hydrogens is 324 g/mol.